The molecule has 0 aliphatic heterocycles. The fourth-order valence-electron chi connectivity index (χ4n) is 2.91. The van der Waals surface area contributed by atoms with Crippen molar-refractivity contribution in [2.24, 2.45) is 0 Å². The molecule has 0 aliphatic carbocycles. The molecule has 1 nitrogen and oxygen atoms in total. The van der Waals surface area contributed by atoms with Crippen LogP contribution in [-0.4, -0.2) is 26.7 Å². The molecule has 0 bridgehead atoms. The van der Waals surface area contributed by atoms with Crippen molar-refractivity contribution in [3.63, 3.8) is 0 Å². The van der Waals surface area contributed by atoms with E-state index >= 15 is 0 Å². The summed E-state index contributed by atoms with van der Waals surface area (Å²) in [6, 6.07) is 22.8. The van der Waals surface area contributed by atoms with Gasteiger partial charge >= 0.3 is 0 Å². The number of hydrogen-bond donors (Lipinski definition) is 0. The van der Waals surface area contributed by atoms with Crippen LogP contribution in [0, 0.1) is 0 Å². The minimum absolute atomic E-state index is 0.143. The Labute approximate surface area is 162 Å². The first-order valence-corrected chi connectivity index (χ1v) is 13.7. The Balaban J connectivity index is 2.09. The van der Waals surface area contributed by atoms with Crippen LogP contribution in [0.3, 0.4) is 0 Å². The van der Waals surface area contributed by atoms with Gasteiger partial charge in [0.2, 0.25) is 0 Å². The first-order chi connectivity index (χ1) is 12.2. The highest BCUT2D eigenvalue weighted by Gasteiger charge is 2.12. The topological polar surface area (TPSA) is 17.1 Å². The maximum absolute atomic E-state index is 12.4. The highest BCUT2D eigenvalue weighted by molar-refractivity contribution is 7.70. The number of rotatable bonds is 4. The second kappa shape index (κ2) is 7.69. The Kier molecular flexibility index (Phi) is 5.73. The van der Waals surface area contributed by atoms with E-state index in [1.54, 1.807) is 13.3 Å². The van der Waals surface area contributed by atoms with Gasteiger partial charge in [-0.3, -0.25) is 0 Å². The van der Waals surface area contributed by atoms with E-state index in [2.05, 4.69) is 43.7 Å². The molecule has 0 aliphatic rings. The van der Waals surface area contributed by atoms with Gasteiger partial charge in [0.25, 0.3) is 0 Å². The van der Waals surface area contributed by atoms with Gasteiger partial charge in [-0.15, -0.1) is 0 Å². The Morgan fingerprint density at radius 1 is 0.769 bits per heavy atom. The minimum Gasteiger partial charge on any atom is -0.319 e. The van der Waals surface area contributed by atoms with Crippen molar-refractivity contribution in [2.45, 2.75) is 0 Å². The molecule has 0 heterocycles. The van der Waals surface area contributed by atoms with Crippen molar-refractivity contribution in [2.75, 3.05) is 26.7 Å². The summed E-state index contributed by atoms with van der Waals surface area (Å²) in [5, 5.41) is 2.97. The van der Waals surface area contributed by atoms with Gasteiger partial charge in [-0.2, -0.15) is 0 Å². The molecule has 4 heteroatoms. The molecule has 0 fully saturated rings. The predicted molar refractivity (Wildman–Crippen MR) is 120 cm³/mol. The molecule has 0 saturated carbocycles. The largest absolute Gasteiger partial charge is 0.319 e. The van der Waals surface area contributed by atoms with Crippen molar-refractivity contribution in [3.8, 4) is 22.3 Å². The van der Waals surface area contributed by atoms with Gasteiger partial charge in [0.1, 0.15) is 7.14 Å². The summed E-state index contributed by atoms with van der Waals surface area (Å²) in [4.78, 5) is 0. The normalized spacial score (nSPS) is 11.8. The lowest BCUT2D eigenvalue weighted by Gasteiger charge is -2.12. The van der Waals surface area contributed by atoms with Gasteiger partial charge in [-0.05, 0) is 84.5 Å². The van der Waals surface area contributed by atoms with E-state index in [0.717, 1.165) is 22.0 Å². The second-order valence-electron chi connectivity index (χ2n) is 7.07. The quantitative estimate of drug-likeness (QED) is 0.470. The van der Waals surface area contributed by atoms with Crippen molar-refractivity contribution in [1.29, 1.82) is 0 Å². The summed E-state index contributed by atoms with van der Waals surface area (Å²) < 4.78 is 12.4. The van der Waals surface area contributed by atoms with E-state index in [1.165, 1.54) is 10.9 Å². The van der Waals surface area contributed by atoms with Crippen LogP contribution < -0.4 is 10.6 Å². The monoisotopic (exact) mass is 400 g/mol. The maximum Gasteiger partial charge on any atom is 0.109 e. The van der Waals surface area contributed by atoms with Gasteiger partial charge in [0, 0.05) is 10.3 Å². The third-order valence-corrected chi connectivity index (χ3v) is 7.45. The summed E-state index contributed by atoms with van der Waals surface area (Å²) in [5.41, 5.74) is 4.37. The molecule has 0 N–H and O–H groups in total. The highest BCUT2D eigenvalue weighted by Crippen LogP contribution is 2.37. The fourth-order valence-corrected chi connectivity index (χ4v) is 4.82. The smallest absolute Gasteiger partial charge is 0.109 e. The average molecular weight is 401 g/mol. The van der Waals surface area contributed by atoms with Crippen LogP contribution >= 0.6 is 26.7 Å². The summed E-state index contributed by atoms with van der Waals surface area (Å²) in [5.74, 6) is 0. The minimum atomic E-state index is -2.30. The van der Waals surface area contributed by atoms with Crippen LogP contribution in [-0.2, 0) is 4.57 Å². The molecule has 0 amide bonds. The van der Waals surface area contributed by atoms with E-state index in [4.69, 9.17) is 11.6 Å². The molecule has 0 unspecified atom stereocenters. The molecule has 0 spiro atoms. The molecule has 3 aromatic rings. The summed E-state index contributed by atoms with van der Waals surface area (Å²) >= 11 is 6.43. The molecule has 134 valence electrons. The SMILES string of the molecule is CP(C)c1cccc(-c2cc(Cl)cc(-c3cccc(P(C)(C)=O)c3)c2)c1. The molecular formula is C22H23ClOP2. The van der Waals surface area contributed by atoms with Gasteiger partial charge < -0.3 is 4.57 Å². The third-order valence-electron chi connectivity index (χ3n) is 4.39. The highest BCUT2D eigenvalue weighted by atomic mass is 35.5. The van der Waals surface area contributed by atoms with Gasteiger partial charge in [0.05, 0.1) is 0 Å². The lowest BCUT2D eigenvalue weighted by atomic mass is 9.99. The Morgan fingerprint density at radius 3 is 1.92 bits per heavy atom. The number of hydrogen-bond acceptors (Lipinski definition) is 1. The lowest BCUT2D eigenvalue weighted by Crippen LogP contribution is -2.02. The van der Waals surface area contributed by atoms with E-state index in [0.29, 0.717) is 5.02 Å². The van der Waals surface area contributed by atoms with Crippen LogP contribution in [0.2, 0.25) is 5.02 Å². The van der Waals surface area contributed by atoms with Gasteiger partial charge in [-0.25, -0.2) is 0 Å². The Bertz CT molecular complexity index is 989. The van der Waals surface area contributed by atoms with E-state index in [1.807, 2.05) is 36.4 Å². The van der Waals surface area contributed by atoms with Crippen LogP contribution in [0.4, 0.5) is 0 Å². The third kappa shape index (κ3) is 4.47. The number of benzene rings is 3. The van der Waals surface area contributed by atoms with E-state index < -0.39 is 7.14 Å². The van der Waals surface area contributed by atoms with E-state index in [9.17, 15) is 4.57 Å². The van der Waals surface area contributed by atoms with Crippen molar-refractivity contribution >= 4 is 37.3 Å². The van der Waals surface area contributed by atoms with Crippen LogP contribution in [0.15, 0.2) is 66.7 Å². The zero-order valence-electron chi connectivity index (χ0n) is 15.5. The van der Waals surface area contributed by atoms with Crippen LogP contribution in [0.25, 0.3) is 22.3 Å². The first kappa shape index (κ1) is 19.4. The standard InChI is InChI=1S/C22H23ClOP2/c1-25(2)21-9-5-7-16(14-21)18-11-19(13-20(23)12-18)17-8-6-10-22(15-17)26(3,4)24/h5-15H,1-4H3. The molecule has 3 aromatic carbocycles. The van der Waals surface area contributed by atoms with Crippen molar-refractivity contribution < 1.29 is 4.57 Å². The first-order valence-electron chi connectivity index (χ1n) is 8.48. The van der Waals surface area contributed by atoms with Gasteiger partial charge in [-0.1, -0.05) is 55.9 Å². The fraction of sp³-hybridized carbons (Fsp3) is 0.182. The van der Waals surface area contributed by atoms with Crippen LogP contribution in [0.1, 0.15) is 0 Å². The molecule has 0 saturated heterocycles. The van der Waals surface area contributed by atoms with Crippen molar-refractivity contribution in [1.82, 2.24) is 0 Å². The Hall–Kier alpha value is -1.39. The number of halogens is 1. The summed E-state index contributed by atoms with van der Waals surface area (Å²) in [6.45, 7) is 8.12. The van der Waals surface area contributed by atoms with E-state index in [-0.39, 0.29) is 7.92 Å². The molecule has 3 rings (SSSR count). The van der Waals surface area contributed by atoms with Crippen LogP contribution in [0.5, 0.6) is 0 Å². The van der Waals surface area contributed by atoms with Crippen molar-refractivity contribution in [3.05, 3.63) is 71.8 Å². The summed E-state index contributed by atoms with van der Waals surface area (Å²) in [7, 11) is -2.44. The molecule has 0 aromatic heterocycles. The zero-order valence-corrected chi connectivity index (χ0v) is 18.1. The second-order valence-corrected chi connectivity index (χ2v) is 13.0. The summed E-state index contributed by atoms with van der Waals surface area (Å²) in [6.07, 6.45) is 0. The average Bonchev–Trinajstić information content (AvgIpc) is 2.60. The Morgan fingerprint density at radius 2 is 1.35 bits per heavy atom. The molecular weight excluding hydrogens is 378 g/mol. The molecule has 0 radical (unpaired) electrons. The molecule has 26 heavy (non-hydrogen) atoms. The van der Waals surface area contributed by atoms with Gasteiger partial charge in [0.15, 0.2) is 0 Å². The zero-order chi connectivity index (χ0) is 18.9. The lowest BCUT2D eigenvalue weighted by molar-refractivity contribution is 0.588. The maximum atomic E-state index is 12.4. The molecule has 0 atom stereocenters. The predicted octanol–water partition coefficient (Wildman–Crippen LogP) is 6.29.